The Morgan fingerprint density at radius 3 is 2.81 bits per heavy atom. The maximum Gasteiger partial charge on any atom is 0.303 e. The van der Waals surface area contributed by atoms with E-state index in [-0.39, 0.29) is 12.5 Å². The minimum absolute atomic E-state index is 0.218. The zero-order valence-corrected chi connectivity index (χ0v) is 10.1. The molecule has 4 heteroatoms. The zero-order chi connectivity index (χ0) is 12.1. The third kappa shape index (κ3) is 3.70. The molecule has 1 N–H and O–H groups in total. The topological polar surface area (TPSA) is 53.7 Å². The summed E-state index contributed by atoms with van der Waals surface area (Å²) in [5, 5.41) is 8.61. The standard InChI is InChI=1S/C12H19NO3/c1-9(4-5-12(14)15)13(3)8-11-6-7-16-10(11)2/h6-7,9H,4-5,8H2,1-3H3,(H,14,15). The molecule has 0 aromatic carbocycles. The minimum atomic E-state index is -0.736. The number of aliphatic carboxylic acids is 1. The molecule has 0 saturated heterocycles. The van der Waals surface area contributed by atoms with Crippen molar-refractivity contribution in [3.05, 3.63) is 23.7 Å². The van der Waals surface area contributed by atoms with Crippen LogP contribution in [-0.2, 0) is 11.3 Å². The number of hydrogen-bond donors (Lipinski definition) is 1. The summed E-state index contributed by atoms with van der Waals surface area (Å²) in [4.78, 5) is 12.6. The van der Waals surface area contributed by atoms with Crippen molar-refractivity contribution in [2.24, 2.45) is 0 Å². The summed E-state index contributed by atoms with van der Waals surface area (Å²) in [6, 6.07) is 2.21. The van der Waals surface area contributed by atoms with Gasteiger partial charge in [0.1, 0.15) is 5.76 Å². The summed E-state index contributed by atoms with van der Waals surface area (Å²) in [7, 11) is 2.00. The van der Waals surface area contributed by atoms with Crippen LogP contribution in [0.25, 0.3) is 0 Å². The lowest BCUT2D eigenvalue weighted by Gasteiger charge is -2.23. The first-order valence-electron chi connectivity index (χ1n) is 5.45. The molecule has 1 heterocycles. The van der Waals surface area contributed by atoms with Crippen molar-refractivity contribution in [1.29, 1.82) is 0 Å². The van der Waals surface area contributed by atoms with E-state index < -0.39 is 5.97 Å². The fourth-order valence-corrected chi connectivity index (χ4v) is 1.55. The largest absolute Gasteiger partial charge is 0.481 e. The molecule has 90 valence electrons. The van der Waals surface area contributed by atoms with Gasteiger partial charge < -0.3 is 9.52 Å². The van der Waals surface area contributed by atoms with Crippen LogP contribution < -0.4 is 0 Å². The number of aryl methyl sites for hydroxylation is 1. The first kappa shape index (κ1) is 12.8. The van der Waals surface area contributed by atoms with Gasteiger partial charge in [-0.2, -0.15) is 0 Å². The molecule has 0 amide bonds. The Hall–Kier alpha value is -1.29. The molecule has 1 unspecified atom stereocenters. The average molecular weight is 225 g/mol. The number of hydrogen-bond acceptors (Lipinski definition) is 3. The van der Waals surface area contributed by atoms with Gasteiger partial charge in [0.25, 0.3) is 0 Å². The number of carboxylic acid groups (broad SMARTS) is 1. The average Bonchev–Trinajstić information content (AvgIpc) is 2.60. The van der Waals surface area contributed by atoms with Crippen molar-refractivity contribution in [1.82, 2.24) is 4.90 Å². The second kappa shape index (κ2) is 5.70. The van der Waals surface area contributed by atoms with Crippen molar-refractivity contribution in [3.8, 4) is 0 Å². The van der Waals surface area contributed by atoms with Crippen molar-refractivity contribution in [3.63, 3.8) is 0 Å². The van der Waals surface area contributed by atoms with E-state index in [9.17, 15) is 4.79 Å². The van der Waals surface area contributed by atoms with E-state index in [2.05, 4.69) is 4.90 Å². The van der Waals surface area contributed by atoms with Gasteiger partial charge in [0.15, 0.2) is 0 Å². The molecular weight excluding hydrogens is 206 g/mol. The Bertz CT molecular complexity index is 346. The van der Waals surface area contributed by atoms with E-state index in [1.165, 1.54) is 0 Å². The van der Waals surface area contributed by atoms with Gasteiger partial charge >= 0.3 is 5.97 Å². The molecule has 1 rings (SSSR count). The molecule has 4 nitrogen and oxygen atoms in total. The van der Waals surface area contributed by atoms with Gasteiger partial charge in [-0.05, 0) is 33.4 Å². The van der Waals surface area contributed by atoms with Crippen LogP contribution in [0.15, 0.2) is 16.7 Å². The predicted octanol–water partition coefficient (Wildman–Crippen LogP) is 2.27. The highest BCUT2D eigenvalue weighted by atomic mass is 16.4. The Balaban J connectivity index is 2.42. The summed E-state index contributed by atoms with van der Waals surface area (Å²) >= 11 is 0. The number of rotatable bonds is 6. The Labute approximate surface area is 95.9 Å². The summed E-state index contributed by atoms with van der Waals surface area (Å²) < 4.78 is 5.22. The molecule has 1 aromatic heterocycles. The fraction of sp³-hybridized carbons (Fsp3) is 0.583. The third-order valence-electron chi connectivity index (χ3n) is 2.91. The molecule has 0 aliphatic heterocycles. The van der Waals surface area contributed by atoms with Crippen molar-refractivity contribution >= 4 is 5.97 Å². The molecule has 1 aromatic rings. The molecule has 0 aliphatic carbocycles. The molecular formula is C12H19NO3. The van der Waals surface area contributed by atoms with Crippen LogP contribution in [0.5, 0.6) is 0 Å². The predicted molar refractivity (Wildman–Crippen MR) is 61.2 cm³/mol. The van der Waals surface area contributed by atoms with Crippen molar-refractivity contribution in [2.75, 3.05) is 7.05 Å². The van der Waals surface area contributed by atoms with E-state index in [0.29, 0.717) is 6.42 Å². The van der Waals surface area contributed by atoms with Crippen LogP contribution in [0.1, 0.15) is 31.1 Å². The molecule has 0 fully saturated rings. The van der Waals surface area contributed by atoms with Gasteiger partial charge in [0.05, 0.1) is 6.26 Å². The first-order chi connectivity index (χ1) is 7.50. The van der Waals surface area contributed by atoms with Crippen LogP contribution in [0.3, 0.4) is 0 Å². The van der Waals surface area contributed by atoms with Crippen LogP contribution in [0, 0.1) is 6.92 Å². The lowest BCUT2D eigenvalue weighted by molar-refractivity contribution is -0.137. The van der Waals surface area contributed by atoms with Crippen LogP contribution in [-0.4, -0.2) is 29.1 Å². The summed E-state index contributed by atoms with van der Waals surface area (Å²) in [5.41, 5.74) is 1.16. The normalized spacial score (nSPS) is 13.0. The lowest BCUT2D eigenvalue weighted by atomic mass is 10.1. The second-order valence-electron chi connectivity index (χ2n) is 4.20. The Morgan fingerprint density at radius 2 is 2.31 bits per heavy atom. The van der Waals surface area contributed by atoms with E-state index in [1.807, 2.05) is 27.0 Å². The molecule has 0 bridgehead atoms. The van der Waals surface area contributed by atoms with Crippen LogP contribution >= 0.6 is 0 Å². The molecule has 0 spiro atoms. The van der Waals surface area contributed by atoms with Crippen LogP contribution in [0.2, 0.25) is 0 Å². The fourth-order valence-electron chi connectivity index (χ4n) is 1.55. The zero-order valence-electron chi connectivity index (χ0n) is 10.1. The highest BCUT2D eigenvalue weighted by Crippen LogP contribution is 2.14. The van der Waals surface area contributed by atoms with E-state index in [1.54, 1.807) is 6.26 Å². The van der Waals surface area contributed by atoms with Gasteiger partial charge in [-0.15, -0.1) is 0 Å². The number of nitrogens with zero attached hydrogens (tertiary/aromatic N) is 1. The van der Waals surface area contributed by atoms with Gasteiger partial charge in [-0.3, -0.25) is 9.69 Å². The summed E-state index contributed by atoms with van der Waals surface area (Å²) in [6.45, 7) is 4.77. The van der Waals surface area contributed by atoms with Crippen molar-refractivity contribution < 1.29 is 14.3 Å². The summed E-state index contributed by atoms with van der Waals surface area (Å²) in [5.74, 6) is 0.192. The maximum absolute atomic E-state index is 10.5. The number of carbonyl (C=O) groups is 1. The highest BCUT2D eigenvalue weighted by molar-refractivity contribution is 5.66. The SMILES string of the molecule is Cc1occc1CN(C)C(C)CCC(=O)O. The minimum Gasteiger partial charge on any atom is -0.481 e. The van der Waals surface area contributed by atoms with E-state index in [0.717, 1.165) is 17.9 Å². The monoisotopic (exact) mass is 225 g/mol. The van der Waals surface area contributed by atoms with Crippen molar-refractivity contribution in [2.45, 2.75) is 39.3 Å². The smallest absolute Gasteiger partial charge is 0.303 e. The third-order valence-corrected chi connectivity index (χ3v) is 2.91. The van der Waals surface area contributed by atoms with E-state index in [4.69, 9.17) is 9.52 Å². The lowest BCUT2D eigenvalue weighted by Crippen LogP contribution is -2.29. The first-order valence-corrected chi connectivity index (χ1v) is 5.45. The second-order valence-corrected chi connectivity index (χ2v) is 4.20. The van der Waals surface area contributed by atoms with Gasteiger partial charge in [-0.25, -0.2) is 0 Å². The molecule has 16 heavy (non-hydrogen) atoms. The summed E-state index contributed by atoms with van der Waals surface area (Å²) in [6.07, 6.45) is 2.57. The van der Waals surface area contributed by atoms with Gasteiger partial charge in [-0.1, -0.05) is 0 Å². The Kier molecular flexibility index (Phi) is 4.55. The molecule has 1 atom stereocenters. The quantitative estimate of drug-likeness (QED) is 0.807. The number of carboxylic acids is 1. The molecule has 0 saturated carbocycles. The number of furan rings is 1. The molecule has 0 radical (unpaired) electrons. The van der Waals surface area contributed by atoms with Crippen LogP contribution in [0.4, 0.5) is 0 Å². The highest BCUT2D eigenvalue weighted by Gasteiger charge is 2.13. The maximum atomic E-state index is 10.5. The molecule has 0 aliphatic rings. The van der Waals surface area contributed by atoms with Gasteiger partial charge in [0.2, 0.25) is 0 Å². The van der Waals surface area contributed by atoms with E-state index >= 15 is 0 Å². The Morgan fingerprint density at radius 1 is 1.62 bits per heavy atom. The van der Waals surface area contributed by atoms with Gasteiger partial charge in [0, 0.05) is 24.6 Å².